The number of carboxylic acid groups (broad SMARTS) is 1. The summed E-state index contributed by atoms with van der Waals surface area (Å²) in [5, 5.41) is 65.0. The number of para-hydroxylation sites is 1. The molecule has 2 aromatic carbocycles. The molecule has 0 radical (unpaired) electrons. The van der Waals surface area contributed by atoms with Crippen molar-refractivity contribution in [3.05, 3.63) is 71.9 Å². The van der Waals surface area contributed by atoms with Gasteiger partial charge in [0.25, 0.3) is 0 Å². The second kappa shape index (κ2) is 42.9. The number of thiol groups is 2. The van der Waals surface area contributed by atoms with Gasteiger partial charge in [0.05, 0.1) is 6.04 Å². The minimum atomic E-state index is -1.56. The van der Waals surface area contributed by atoms with E-state index in [1.807, 2.05) is 0 Å². The summed E-state index contributed by atoms with van der Waals surface area (Å²) in [6.07, 6.45) is 3.08. The van der Waals surface area contributed by atoms with Crippen LogP contribution in [0.15, 0.2) is 60.8 Å². The number of alkyl halides is 1. The van der Waals surface area contributed by atoms with Gasteiger partial charge >= 0.3 is 5.97 Å². The van der Waals surface area contributed by atoms with E-state index in [9.17, 15) is 48.3 Å². The molecule has 100 heavy (non-hydrogen) atoms. The number of carbonyl (C=O) groups is 11. The van der Waals surface area contributed by atoms with E-state index >= 15 is 9.59 Å². The number of carbonyl (C=O) groups excluding carboxylic acids is 10. The van der Waals surface area contributed by atoms with Crippen molar-refractivity contribution in [3.8, 4) is 0 Å². The fourth-order valence-electron chi connectivity index (χ4n) is 10.8. The number of rotatable bonds is 43. The van der Waals surface area contributed by atoms with Gasteiger partial charge < -0.3 is 107 Å². The molecular formula is C63H99BrN22O12S2. The number of halogens is 1. The molecule has 0 saturated carbocycles. The number of H-pyrrole nitrogens is 1. The van der Waals surface area contributed by atoms with E-state index in [2.05, 4.69) is 110 Å². The van der Waals surface area contributed by atoms with E-state index < -0.39 is 148 Å². The first kappa shape index (κ1) is 83.5. The highest BCUT2D eigenvalue weighted by molar-refractivity contribution is 9.09. The first-order chi connectivity index (χ1) is 47.5. The van der Waals surface area contributed by atoms with Crippen molar-refractivity contribution < 1.29 is 57.8 Å². The largest absolute Gasteiger partial charge is 0.480 e. The van der Waals surface area contributed by atoms with Crippen LogP contribution in [0.5, 0.6) is 0 Å². The Morgan fingerprint density at radius 1 is 0.600 bits per heavy atom. The van der Waals surface area contributed by atoms with E-state index in [1.54, 1.807) is 74.6 Å². The number of aromatic amines is 1. The SMILES string of the molecule is CC(C)[C@H](NC(=O)[C@@H]1CCCN1C(=O)[C@H](CCCCN)NC(=O)[C@H](CS)NC(=O)[C@@H](Cc1c[nH]c2ccccc12)NC(=O)[C@H](CC(Br)CNC(=N)N)NC(=O)[C@@H](Cc1ccccc1)NC(=O)[C@H](CCCNC(=N)N)NC(=O)[C@@H](C)NC(=O)[C@H](CS)NC(=O)[C@@H](N)CCCNC(=N)N)C(=O)O. The fourth-order valence-corrected chi connectivity index (χ4v) is 11.8. The van der Waals surface area contributed by atoms with Gasteiger partial charge in [-0.1, -0.05) is 78.3 Å². The van der Waals surface area contributed by atoms with E-state index in [0.29, 0.717) is 47.7 Å². The molecule has 0 spiro atoms. The minimum Gasteiger partial charge on any atom is -0.480 e. The molecule has 0 bridgehead atoms. The number of nitrogens with zero attached hydrogens (tertiary/aromatic N) is 1. The fraction of sp³-hybridized carbons (Fsp3) is 0.556. The molecule has 1 unspecified atom stereocenters. The van der Waals surface area contributed by atoms with Gasteiger partial charge in [-0.2, -0.15) is 25.3 Å². The summed E-state index contributed by atoms with van der Waals surface area (Å²) in [7, 11) is 0. The topological polar surface area (TPSA) is 573 Å². The standard InChI is InChI=1S/C63H99BrN22O12S2/c1-33(2)49(60(97)98)85-58(95)48-21-13-25-86(48)59(96)42(19-9-10-22-65)79-57(94)47(32-100)84-54(91)44(27-36-29-75-40-18-8-7-16-38(36)40)81-55(92)45(28-37(64)30-76-63(71)72)82-53(90)43(26-35-14-5-4-6-15-35)80-52(89)41(20-12-24-74-62(69)70)78-50(87)34(3)77-56(93)46(31-99)83-51(88)39(66)17-11-23-73-61(67)68/h4-8,14-16,18,29,33-34,37,39,41-49,75,99-100H,9-13,17,19-28,30-32,65-66H2,1-3H3,(H,77,93)(H,78,87)(H,79,94)(H,80,89)(H,81,92)(H,82,90)(H,83,88)(H,84,91)(H,85,95)(H,97,98)(H4,67,68,73)(H4,69,70,74)(H4,71,72,76)/t34-,37?,39+,41+,42+,43-,44-,45+,46+,47+,48+,49+/m1/s1. The van der Waals surface area contributed by atoms with E-state index in [-0.39, 0.29) is 108 Å². The average molecular weight is 1500 g/mol. The van der Waals surface area contributed by atoms with Crippen molar-refractivity contribution in [2.24, 2.45) is 34.6 Å². The van der Waals surface area contributed by atoms with Crippen LogP contribution < -0.4 is 92.5 Å². The first-order valence-electron chi connectivity index (χ1n) is 32.9. The highest BCUT2D eigenvalue weighted by Crippen LogP contribution is 2.23. The highest BCUT2D eigenvalue weighted by Gasteiger charge is 2.41. The molecule has 1 saturated heterocycles. The lowest BCUT2D eigenvalue weighted by Gasteiger charge is -2.31. The van der Waals surface area contributed by atoms with Crippen LogP contribution in [0.1, 0.15) is 96.1 Å². The van der Waals surface area contributed by atoms with E-state index in [1.165, 1.54) is 11.8 Å². The van der Waals surface area contributed by atoms with Gasteiger partial charge in [-0.25, -0.2) is 4.79 Å². The van der Waals surface area contributed by atoms with Gasteiger partial charge in [0, 0.05) is 72.5 Å². The molecule has 4 rings (SSSR count). The molecule has 37 heteroatoms. The summed E-state index contributed by atoms with van der Waals surface area (Å²) in [5.74, 6) is -11.4. The molecule has 27 N–H and O–H groups in total. The van der Waals surface area contributed by atoms with Crippen LogP contribution in [0.2, 0.25) is 0 Å². The number of benzene rings is 2. The Hall–Kier alpha value is -8.94. The minimum absolute atomic E-state index is 0.0548. The van der Waals surface area contributed by atoms with Crippen molar-refractivity contribution in [1.29, 1.82) is 16.2 Å². The lowest BCUT2D eigenvalue weighted by molar-refractivity contribution is -0.146. The van der Waals surface area contributed by atoms with E-state index in [0.717, 1.165) is 0 Å². The maximum atomic E-state index is 15.1. The van der Waals surface area contributed by atoms with Crippen LogP contribution in [-0.2, 0) is 65.6 Å². The number of nitrogens with one attached hydrogen (secondary N) is 16. The summed E-state index contributed by atoms with van der Waals surface area (Å²) in [6, 6.07) is 0.984. The summed E-state index contributed by atoms with van der Waals surface area (Å²) in [6.45, 7) is 5.27. The number of likely N-dealkylation sites (tertiary alicyclic amines) is 1. The molecule has 1 aliphatic rings. The Labute approximate surface area is 599 Å². The van der Waals surface area contributed by atoms with Crippen LogP contribution in [0, 0.1) is 22.1 Å². The quantitative estimate of drug-likeness (QED) is 0.00861. The Kier molecular flexibility index (Phi) is 35.8. The predicted octanol–water partition coefficient (Wildman–Crippen LogP) is -3.45. The number of guanidine groups is 3. The van der Waals surface area contributed by atoms with Crippen molar-refractivity contribution in [3.63, 3.8) is 0 Å². The molecule has 552 valence electrons. The van der Waals surface area contributed by atoms with Crippen LogP contribution >= 0.6 is 41.2 Å². The molecular weight excluding hydrogens is 1400 g/mol. The van der Waals surface area contributed by atoms with Crippen LogP contribution in [0.3, 0.4) is 0 Å². The van der Waals surface area contributed by atoms with Crippen molar-refractivity contribution >= 4 is 135 Å². The number of aromatic nitrogens is 1. The lowest BCUT2D eigenvalue weighted by atomic mass is 10.0. The maximum absolute atomic E-state index is 15.1. The molecule has 34 nitrogen and oxygen atoms in total. The number of unbranched alkanes of at least 4 members (excludes halogenated alkanes) is 1. The average Bonchev–Trinajstić information content (AvgIpc) is 1.63. The van der Waals surface area contributed by atoms with Crippen molar-refractivity contribution in [1.82, 2.24) is 73.7 Å². The number of aliphatic carboxylic acids is 1. The van der Waals surface area contributed by atoms with Crippen LogP contribution in [-0.4, -0.2) is 213 Å². The van der Waals surface area contributed by atoms with Crippen molar-refractivity contribution in [2.75, 3.05) is 44.2 Å². The van der Waals surface area contributed by atoms with Gasteiger partial charge in [-0.05, 0) is 101 Å². The predicted molar refractivity (Wildman–Crippen MR) is 387 cm³/mol. The smallest absolute Gasteiger partial charge is 0.326 e. The molecule has 1 aromatic heterocycles. The molecule has 1 fully saturated rings. The zero-order valence-electron chi connectivity index (χ0n) is 56.3. The number of nitrogens with two attached hydrogens (primary N) is 5. The Balaban J connectivity index is 1.67. The van der Waals surface area contributed by atoms with E-state index in [4.69, 9.17) is 44.9 Å². The summed E-state index contributed by atoms with van der Waals surface area (Å²) in [5.41, 5.74) is 30.1. The zero-order valence-corrected chi connectivity index (χ0v) is 59.6. The van der Waals surface area contributed by atoms with Gasteiger partial charge in [0.15, 0.2) is 17.9 Å². The van der Waals surface area contributed by atoms with Crippen LogP contribution in [0.25, 0.3) is 10.9 Å². The number of carboxylic acids is 1. The second-order valence-corrected chi connectivity index (χ2v) is 26.5. The Bertz CT molecular complexity index is 3300. The number of hydrogen-bond donors (Lipinski definition) is 24. The third-order valence-corrected chi connectivity index (χ3v) is 17.7. The van der Waals surface area contributed by atoms with Gasteiger partial charge in [0.2, 0.25) is 59.1 Å². The lowest BCUT2D eigenvalue weighted by Crippen LogP contribution is -2.61. The first-order valence-corrected chi connectivity index (χ1v) is 35.1. The zero-order chi connectivity index (χ0) is 74.2. The van der Waals surface area contributed by atoms with Gasteiger partial charge in [-0.15, -0.1) is 0 Å². The summed E-state index contributed by atoms with van der Waals surface area (Å²) in [4.78, 5) is 158. The van der Waals surface area contributed by atoms with Crippen molar-refractivity contribution in [2.45, 2.75) is 169 Å². The molecule has 0 aliphatic carbocycles. The summed E-state index contributed by atoms with van der Waals surface area (Å²) >= 11 is 12.2. The molecule has 3 aromatic rings. The normalized spacial score (nSPS) is 16.0. The number of hydrogen-bond acceptors (Lipinski definition) is 18. The molecule has 12 atom stereocenters. The Morgan fingerprint density at radius 2 is 1.10 bits per heavy atom. The third-order valence-electron chi connectivity index (χ3n) is 16.3. The number of amides is 10. The highest BCUT2D eigenvalue weighted by atomic mass is 79.9. The van der Waals surface area contributed by atoms with Gasteiger partial charge in [0.1, 0.15) is 60.4 Å². The monoisotopic (exact) mass is 1500 g/mol. The number of fused-ring (bicyclic) bond motifs is 1. The van der Waals surface area contributed by atoms with Gasteiger partial charge in [-0.3, -0.25) is 64.2 Å². The summed E-state index contributed by atoms with van der Waals surface area (Å²) < 4.78 is 0. The maximum Gasteiger partial charge on any atom is 0.326 e. The molecule has 1 aliphatic heterocycles. The van der Waals surface area contributed by atoms with Crippen LogP contribution in [0.4, 0.5) is 0 Å². The Morgan fingerprint density at radius 3 is 1.69 bits per heavy atom. The second-order valence-electron chi connectivity index (χ2n) is 24.5. The molecule has 2 heterocycles. The third kappa shape index (κ3) is 28.0. The molecule has 10 amide bonds.